The molecule has 1 heterocycles. The molecule has 0 bridgehead atoms. The van der Waals surface area contributed by atoms with Crippen LogP contribution in [0.2, 0.25) is 0 Å². The fraction of sp³-hybridized carbons (Fsp3) is 0.278. The van der Waals surface area contributed by atoms with Gasteiger partial charge in [-0.2, -0.15) is 0 Å². The molecule has 7 heteroatoms. The van der Waals surface area contributed by atoms with Gasteiger partial charge in [-0.15, -0.1) is 0 Å². The van der Waals surface area contributed by atoms with Gasteiger partial charge in [0.05, 0.1) is 18.6 Å². The van der Waals surface area contributed by atoms with Crippen LogP contribution in [0.3, 0.4) is 0 Å². The second kappa shape index (κ2) is 7.14. The van der Waals surface area contributed by atoms with Gasteiger partial charge in [-0.05, 0) is 36.8 Å². The van der Waals surface area contributed by atoms with Crippen LogP contribution in [-0.2, 0) is 16.6 Å². The molecule has 25 heavy (non-hydrogen) atoms. The fourth-order valence-corrected chi connectivity index (χ4v) is 4.40. The van der Waals surface area contributed by atoms with E-state index in [4.69, 9.17) is 4.74 Å². The summed E-state index contributed by atoms with van der Waals surface area (Å²) >= 11 is 0. The number of rotatable bonds is 5. The Kier molecular flexibility index (Phi) is 4.94. The Morgan fingerprint density at radius 3 is 2.52 bits per heavy atom. The number of para-hydroxylation sites is 1. The summed E-state index contributed by atoms with van der Waals surface area (Å²) in [4.78, 5) is 12.3. The molecule has 2 aromatic rings. The summed E-state index contributed by atoms with van der Waals surface area (Å²) in [5, 5.41) is 2.84. The third kappa shape index (κ3) is 3.76. The number of sulfonamides is 1. The van der Waals surface area contributed by atoms with E-state index < -0.39 is 10.0 Å². The third-order valence-corrected chi connectivity index (χ3v) is 6.02. The summed E-state index contributed by atoms with van der Waals surface area (Å²) in [5.41, 5.74) is 1.96. The lowest BCUT2D eigenvalue weighted by Gasteiger charge is -2.17. The maximum Gasteiger partial charge on any atom is 0.251 e. The predicted octanol–water partition coefficient (Wildman–Crippen LogP) is 2.17. The van der Waals surface area contributed by atoms with Gasteiger partial charge < -0.3 is 10.1 Å². The van der Waals surface area contributed by atoms with Gasteiger partial charge >= 0.3 is 0 Å². The van der Waals surface area contributed by atoms with Crippen molar-refractivity contribution >= 4 is 21.6 Å². The quantitative estimate of drug-likeness (QED) is 0.887. The van der Waals surface area contributed by atoms with Crippen molar-refractivity contribution in [3.05, 3.63) is 59.7 Å². The number of amides is 1. The molecule has 1 saturated heterocycles. The molecule has 0 atom stereocenters. The largest absolute Gasteiger partial charge is 0.496 e. The van der Waals surface area contributed by atoms with Crippen LogP contribution in [0, 0.1) is 0 Å². The first kappa shape index (κ1) is 17.3. The number of hydrogen-bond acceptors (Lipinski definition) is 4. The molecule has 1 fully saturated rings. The maximum atomic E-state index is 12.3. The van der Waals surface area contributed by atoms with Crippen molar-refractivity contribution in [2.24, 2.45) is 0 Å². The van der Waals surface area contributed by atoms with Gasteiger partial charge in [-0.25, -0.2) is 8.42 Å². The Hall–Kier alpha value is -2.54. The molecule has 1 aliphatic heterocycles. The van der Waals surface area contributed by atoms with E-state index in [2.05, 4.69) is 5.32 Å². The molecule has 0 saturated carbocycles. The minimum absolute atomic E-state index is 0.175. The van der Waals surface area contributed by atoms with Gasteiger partial charge in [-0.1, -0.05) is 18.2 Å². The normalized spacial score (nSPS) is 15.8. The summed E-state index contributed by atoms with van der Waals surface area (Å²) in [6.45, 7) is 0.840. The smallest absolute Gasteiger partial charge is 0.251 e. The first-order valence-corrected chi connectivity index (χ1v) is 9.63. The molecule has 3 rings (SSSR count). The van der Waals surface area contributed by atoms with Crippen molar-refractivity contribution in [1.82, 2.24) is 5.32 Å². The van der Waals surface area contributed by atoms with Gasteiger partial charge in [0.2, 0.25) is 10.0 Å². The molecule has 1 aliphatic rings. The molecular formula is C18H20N2O4S. The van der Waals surface area contributed by atoms with Crippen molar-refractivity contribution < 1.29 is 17.9 Å². The van der Waals surface area contributed by atoms with E-state index in [1.807, 2.05) is 24.3 Å². The molecule has 0 aliphatic carbocycles. The van der Waals surface area contributed by atoms with Gasteiger partial charge in [-0.3, -0.25) is 9.10 Å². The van der Waals surface area contributed by atoms with E-state index in [1.54, 1.807) is 31.4 Å². The summed E-state index contributed by atoms with van der Waals surface area (Å²) in [5.74, 6) is 0.674. The second-order valence-corrected chi connectivity index (χ2v) is 7.80. The van der Waals surface area contributed by atoms with Crippen molar-refractivity contribution in [1.29, 1.82) is 0 Å². The van der Waals surface area contributed by atoms with Crippen LogP contribution in [-0.4, -0.2) is 33.7 Å². The monoisotopic (exact) mass is 360 g/mol. The average Bonchev–Trinajstić information content (AvgIpc) is 2.99. The van der Waals surface area contributed by atoms with Crippen molar-refractivity contribution in [2.75, 3.05) is 23.7 Å². The Morgan fingerprint density at radius 2 is 1.88 bits per heavy atom. The molecular weight excluding hydrogens is 340 g/mol. The number of benzene rings is 2. The summed E-state index contributed by atoms with van der Waals surface area (Å²) < 4.78 is 30.5. The Morgan fingerprint density at radius 1 is 1.16 bits per heavy atom. The zero-order valence-corrected chi connectivity index (χ0v) is 14.8. The molecule has 2 aromatic carbocycles. The van der Waals surface area contributed by atoms with Crippen molar-refractivity contribution in [3.8, 4) is 5.75 Å². The molecule has 0 aromatic heterocycles. The molecule has 1 amide bonds. The first-order valence-electron chi connectivity index (χ1n) is 8.02. The highest BCUT2D eigenvalue weighted by molar-refractivity contribution is 7.93. The summed E-state index contributed by atoms with van der Waals surface area (Å²) in [6.07, 6.45) is 0.628. The van der Waals surface area contributed by atoms with Crippen molar-refractivity contribution in [3.63, 3.8) is 0 Å². The maximum absolute atomic E-state index is 12.3. The standard InChI is InChI=1S/C18H20N2O4S/c1-24-17-6-3-2-5-15(17)13-19-18(21)14-7-9-16(10-8-14)20-11-4-12-25(20,22)23/h2-3,5-10H,4,11-13H2,1H3,(H,19,21). The summed E-state index contributed by atoms with van der Waals surface area (Å²) in [7, 11) is -1.62. The van der Waals surface area contributed by atoms with Crippen LogP contribution < -0.4 is 14.4 Å². The molecule has 132 valence electrons. The number of nitrogens with zero attached hydrogens (tertiary/aromatic N) is 1. The molecule has 0 spiro atoms. The molecule has 1 N–H and O–H groups in total. The van der Waals surface area contributed by atoms with Gasteiger partial charge in [0, 0.05) is 24.2 Å². The van der Waals surface area contributed by atoms with Crippen molar-refractivity contribution in [2.45, 2.75) is 13.0 Å². The third-order valence-electron chi connectivity index (χ3n) is 4.15. The predicted molar refractivity (Wildman–Crippen MR) is 96.4 cm³/mol. The first-order chi connectivity index (χ1) is 12.0. The lowest BCUT2D eigenvalue weighted by atomic mass is 10.1. The minimum atomic E-state index is -3.21. The second-order valence-electron chi connectivity index (χ2n) is 5.78. The van der Waals surface area contributed by atoms with Crippen LogP contribution >= 0.6 is 0 Å². The van der Waals surface area contributed by atoms with E-state index in [-0.39, 0.29) is 11.7 Å². The SMILES string of the molecule is COc1ccccc1CNC(=O)c1ccc(N2CCCS2(=O)=O)cc1. The Bertz CT molecular complexity index is 863. The zero-order valence-electron chi connectivity index (χ0n) is 13.9. The molecule has 6 nitrogen and oxygen atoms in total. The van der Waals surface area contributed by atoms with E-state index in [0.29, 0.717) is 30.8 Å². The number of hydrogen-bond donors (Lipinski definition) is 1. The van der Waals surface area contributed by atoms with Gasteiger partial charge in [0.25, 0.3) is 5.91 Å². The van der Waals surface area contributed by atoms with Gasteiger partial charge in [0.15, 0.2) is 0 Å². The highest BCUT2D eigenvalue weighted by Gasteiger charge is 2.28. The lowest BCUT2D eigenvalue weighted by molar-refractivity contribution is 0.0950. The molecule has 0 radical (unpaired) electrons. The number of methoxy groups -OCH3 is 1. The van der Waals surface area contributed by atoms with Crippen LogP contribution in [0.4, 0.5) is 5.69 Å². The van der Waals surface area contributed by atoms with Crippen LogP contribution in [0.15, 0.2) is 48.5 Å². The van der Waals surface area contributed by atoms with Gasteiger partial charge in [0.1, 0.15) is 5.75 Å². The Labute approximate surface area is 147 Å². The highest BCUT2D eigenvalue weighted by Crippen LogP contribution is 2.24. The number of ether oxygens (including phenoxy) is 1. The zero-order chi connectivity index (χ0) is 17.9. The van der Waals surface area contributed by atoms with Crippen LogP contribution in [0.25, 0.3) is 0 Å². The van der Waals surface area contributed by atoms with E-state index in [0.717, 1.165) is 11.3 Å². The summed E-state index contributed by atoms with van der Waals surface area (Å²) in [6, 6.07) is 14.1. The van der Waals surface area contributed by atoms with E-state index in [9.17, 15) is 13.2 Å². The van der Waals surface area contributed by atoms with E-state index in [1.165, 1.54) is 4.31 Å². The number of nitrogens with one attached hydrogen (secondary N) is 1. The molecule has 0 unspecified atom stereocenters. The Balaban J connectivity index is 1.67. The number of anilines is 1. The van der Waals surface area contributed by atoms with Crippen LogP contribution in [0.5, 0.6) is 5.75 Å². The number of carbonyl (C=O) groups excluding carboxylic acids is 1. The topological polar surface area (TPSA) is 75.7 Å². The lowest BCUT2D eigenvalue weighted by Crippen LogP contribution is -2.25. The highest BCUT2D eigenvalue weighted by atomic mass is 32.2. The fourth-order valence-electron chi connectivity index (χ4n) is 2.84. The van der Waals surface area contributed by atoms with Crippen LogP contribution in [0.1, 0.15) is 22.3 Å². The average molecular weight is 360 g/mol. The minimum Gasteiger partial charge on any atom is -0.496 e. The van der Waals surface area contributed by atoms with E-state index >= 15 is 0 Å². The number of carbonyl (C=O) groups is 1.